The highest BCUT2D eigenvalue weighted by Crippen LogP contribution is 2.34. The standard InChI is InChI=1S/C29H31N3O/c30-27-15-11-25(12-16-27)29(33,26-13-17-28(31)18-14-26)19-20-32(21-23-7-3-1-4-8-23)22-24-9-5-2-6-10-24/h1-18,33H,19-22,30-31H2. The van der Waals surface area contributed by atoms with Crippen molar-refractivity contribution in [1.82, 2.24) is 4.90 Å². The molecule has 0 amide bonds. The minimum absolute atomic E-state index is 0.528. The second-order valence-electron chi connectivity index (χ2n) is 8.54. The van der Waals surface area contributed by atoms with Gasteiger partial charge in [0, 0.05) is 31.0 Å². The molecule has 4 nitrogen and oxygen atoms in total. The van der Waals surface area contributed by atoms with Crippen molar-refractivity contribution in [3.63, 3.8) is 0 Å². The molecule has 0 saturated carbocycles. The molecule has 0 radical (unpaired) electrons. The van der Waals surface area contributed by atoms with E-state index in [0.29, 0.717) is 24.3 Å². The van der Waals surface area contributed by atoms with Crippen LogP contribution in [-0.2, 0) is 18.7 Å². The highest BCUT2D eigenvalue weighted by atomic mass is 16.3. The highest BCUT2D eigenvalue weighted by molar-refractivity contribution is 5.47. The molecular formula is C29H31N3O. The van der Waals surface area contributed by atoms with E-state index in [1.165, 1.54) is 11.1 Å². The number of nitrogens with two attached hydrogens (primary N) is 2. The average molecular weight is 438 g/mol. The summed E-state index contributed by atoms with van der Waals surface area (Å²) in [6, 6.07) is 35.9. The lowest BCUT2D eigenvalue weighted by atomic mass is 9.83. The lowest BCUT2D eigenvalue weighted by molar-refractivity contribution is 0.0549. The Bertz CT molecular complexity index is 1040. The van der Waals surface area contributed by atoms with Gasteiger partial charge in [-0.3, -0.25) is 4.90 Å². The van der Waals surface area contributed by atoms with Crippen LogP contribution in [0.1, 0.15) is 28.7 Å². The zero-order chi connectivity index (χ0) is 23.1. The second kappa shape index (κ2) is 10.3. The molecule has 0 heterocycles. The fraction of sp³-hybridized carbons (Fsp3) is 0.172. The van der Waals surface area contributed by atoms with E-state index in [2.05, 4.69) is 53.4 Å². The SMILES string of the molecule is Nc1ccc(C(O)(CCN(Cc2ccccc2)Cc2ccccc2)c2ccc(N)cc2)cc1. The van der Waals surface area contributed by atoms with Gasteiger partial charge in [-0.1, -0.05) is 84.9 Å². The average Bonchev–Trinajstić information content (AvgIpc) is 2.84. The van der Waals surface area contributed by atoms with E-state index in [1.54, 1.807) is 0 Å². The minimum atomic E-state index is -1.16. The maximum Gasteiger partial charge on any atom is 0.116 e. The van der Waals surface area contributed by atoms with E-state index in [1.807, 2.05) is 60.7 Å². The number of nitrogens with zero attached hydrogens (tertiary/aromatic N) is 1. The predicted octanol–water partition coefficient (Wildman–Crippen LogP) is 5.18. The zero-order valence-corrected chi connectivity index (χ0v) is 18.8. The Hall–Kier alpha value is -3.60. The van der Waals surface area contributed by atoms with E-state index in [-0.39, 0.29) is 0 Å². The molecule has 0 aliphatic rings. The van der Waals surface area contributed by atoms with Gasteiger partial charge in [-0.15, -0.1) is 0 Å². The summed E-state index contributed by atoms with van der Waals surface area (Å²) in [4.78, 5) is 2.38. The third-order valence-corrected chi connectivity index (χ3v) is 6.06. The van der Waals surface area contributed by atoms with Gasteiger partial charge in [0.05, 0.1) is 0 Å². The van der Waals surface area contributed by atoms with Gasteiger partial charge in [0.15, 0.2) is 0 Å². The van der Waals surface area contributed by atoms with Crippen LogP contribution in [0.5, 0.6) is 0 Å². The number of aliphatic hydroxyl groups is 1. The van der Waals surface area contributed by atoms with Crippen molar-refractivity contribution in [3.8, 4) is 0 Å². The monoisotopic (exact) mass is 437 g/mol. The van der Waals surface area contributed by atoms with Crippen molar-refractivity contribution in [2.75, 3.05) is 18.0 Å². The van der Waals surface area contributed by atoms with Gasteiger partial charge >= 0.3 is 0 Å². The summed E-state index contributed by atoms with van der Waals surface area (Å²) in [6.45, 7) is 2.31. The van der Waals surface area contributed by atoms with Crippen LogP contribution in [0.25, 0.3) is 0 Å². The van der Waals surface area contributed by atoms with E-state index < -0.39 is 5.60 Å². The first-order chi connectivity index (χ1) is 16.0. The van der Waals surface area contributed by atoms with Crippen molar-refractivity contribution < 1.29 is 5.11 Å². The fourth-order valence-electron chi connectivity index (χ4n) is 4.19. The molecule has 0 atom stereocenters. The molecule has 4 aromatic rings. The fourth-order valence-corrected chi connectivity index (χ4v) is 4.19. The first-order valence-corrected chi connectivity index (χ1v) is 11.3. The summed E-state index contributed by atoms with van der Waals surface area (Å²) < 4.78 is 0. The number of rotatable bonds is 9. The Morgan fingerprint density at radius 1 is 0.576 bits per heavy atom. The topological polar surface area (TPSA) is 75.5 Å². The maximum absolute atomic E-state index is 12.0. The van der Waals surface area contributed by atoms with Gasteiger partial charge < -0.3 is 16.6 Å². The molecule has 168 valence electrons. The molecule has 0 aromatic heterocycles. The smallest absolute Gasteiger partial charge is 0.116 e. The highest BCUT2D eigenvalue weighted by Gasteiger charge is 2.32. The van der Waals surface area contributed by atoms with Crippen molar-refractivity contribution in [2.24, 2.45) is 0 Å². The summed E-state index contributed by atoms with van der Waals surface area (Å²) in [5, 5.41) is 12.0. The first-order valence-electron chi connectivity index (χ1n) is 11.3. The molecule has 0 spiro atoms. The number of benzene rings is 4. The van der Waals surface area contributed by atoms with E-state index in [4.69, 9.17) is 11.5 Å². The Morgan fingerprint density at radius 3 is 1.36 bits per heavy atom. The van der Waals surface area contributed by atoms with E-state index in [0.717, 1.165) is 24.2 Å². The molecule has 4 rings (SSSR count). The Kier molecular flexibility index (Phi) is 7.08. The number of nitrogen functional groups attached to an aromatic ring is 2. The summed E-state index contributed by atoms with van der Waals surface area (Å²) in [5.41, 5.74) is 16.2. The van der Waals surface area contributed by atoms with E-state index in [9.17, 15) is 5.11 Å². The van der Waals surface area contributed by atoms with Crippen molar-refractivity contribution in [2.45, 2.75) is 25.1 Å². The molecule has 4 heteroatoms. The lowest BCUT2D eigenvalue weighted by Gasteiger charge is -2.33. The summed E-state index contributed by atoms with van der Waals surface area (Å²) >= 11 is 0. The third kappa shape index (κ3) is 5.80. The van der Waals surface area contributed by atoms with Crippen LogP contribution in [0.15, 0.2) is 109 Å². The van der Waals surface area contributed by atoms with Crippen molar-refractivity contribution in [1.29, 1.82) is 0 Å². The van der Waals surface area contributed by atoms with Crippen molar-refractivity contribution in [3.05, 3.63) is 131 Å². The van der Waals surface area contributed by atoms with Crippen LogP contribution in [-0.4, -0.2) is 16.6 Å². The van der Waals surface area contributed by atoms with Crippen LogP contribution in [0.2, 0.25) is 0 Å². The van der Waals surface area contributed by atoms with Crippen LogP contribution in [0.4, 0.5) is 11.4 Å². The van der Waals surface area contributed by atoms with Crippen LogP contribution in [0, 0.1) is 0 Å². The second-order valence-corrected chi connectivity index (χ2v) is 8.54. The molecule has 0 aliphatic heterocycles. The Balaban J connectivity index is 1.62. The molecule has 33 heavy (non-hydrogen) atoms. The third-order valence-electron chi connectivity index (χ3n) is 6.06. The summed E-state index contributed by atoms with van der Waals surface area (Å²) in [6.07, 6.45) is 0.528. The quantitative estimate of drug-likeness (QED) is 0.315. The van der Waals surface area contributed by atoms with E-state index >= 15 is 0 Å². The number of anilines is 2. The molecular weight excluding hydrogens is 406 g/mol. The normalized spacial score (nSPS) is 11.6. The molecule has 0 fully saturated rings. The molecule has 0 bridgehead atoms. The van der Waals surface area contributed by atoms with Crippen LogP contribution in [0.3, 0.4) is 0 Å². The van der Waals surface area contributed by atoms with Crippen molar-refractivity contribution >= 4 is 11.4 Å². The van der Waals surface area contributed by atoms with Gasteiger partial charge in [0.25, 0.3) is 0 Å². The molecule has 0 unspecified atom stereocenters. The number of hydrogen-bond donors (Lipinski definition) is 3. The lowest BCUT2D eigenvalue weighted by Crippen LogP contribution is -2.34. The Morgan fingerprint density at radius 2 is 0.970 bits per heavy atom. The number of hydrogen-bond acceptors (Lipinski definition) is 4. The Labute approximate surface area is 196 Å². The largest absolute Gasteiger partial charge is 0.399 e. The molecule has 4 aromatic carbocycles. The van der Waals surface area contributed by atoms with Gasteiger partial charge in [0.1, 0.15) is 5.60 Å². The van der Waals surface area contributed by atoms with Gasteiger partial charge in [0.2, 0.25) is 0 Å². The molecule has 0 aliphatic carbocycles. The van der Waals surface area contributed by atoms with Gasteiger partial charge in [-0.05, 0) is 52.9 Å². The van der Waals surface area contributed by atoms with Gasteiger partial charge in [-0.2, -0.15) is 0 Å². The zero-order valence-electron chi connectivity index (χ0n) is 18.8. The predicted molar refractivity (Wildman–Crippen MR) is 136 cm³/mol. The summed E-state index contributed by atoms with van der Waals surface area (Å²) in [7, 11) is 0. The van der Waals surface area contributed by atoms with Crippen LogP contribution >= 0.6 is 0 Å². The van der Waals surface area contributed by atoms with Crippen LogP contribution < -0.4 is 11.5 Å². The molecule has 5 N–H and O–H groups in total. The van der Waals surface area contributed by atoms with Gasteiger partial charge in [-0.25, -0.2) is 0 Å². The molecule has 0 saturated heterocycles. The summed E-state index contributed by atoms with van der Waals surface area (Å²) in [5.74, 6) is 0. The maximum atomic E-state index is 12.0. The minimum Gasteiger partial charge on any atom is -0.399 e. The first kappa shape index (κ1) is 22.6.